The number of hydrogen-bond acceptors (Lipinski definition) is 7. The van der Waals surface area contributed by atoms with Gasteiger partial charge in [0, 0.05) is 13.6 Å². The van der Waals surface area contributed by atoms with E-state index in [4.69, 9.17) is 14.7 Å². The van der Waals surface area contributed by atoms with Crippen molar-refractivity contribution < 1.29 is 9.47 Å². The van der Waals surface area contributed by atoms with Crippen molar-refractivity contribution in [2.24, 2.45) is 5.92 Å². The van der Waals surface area contributed by atoms with Crippen LogP contribution in [0.1, 0.15) is 6.92 Å². The van der Waals surface area contributed by atoms with Crippen molar-refractivity contribution in [1.29, 1.82) is 5.26 Å². The van der Waals surface area contributed by atoms with Crippen LogP contribution >= 0.6 is 0 Å². The van der Waals surface area contributed by atoms with E-state index in [1.165, 1.54) is 14.2 Å². The lowest BCUT2D eigenvalue weighted by Crippen LogP contribution is -2.25. The van der Waals surface area contributed by atoms with Gasteiger partial charge in [-0.3, -0.25) is 0 Å². The molecule has 0 aliphatic carbocycles. The van der Waals surface area contributed by atoms with E-state index in [0.717, 1.165) is 0 Å². The van der Waals surface area contributed by atoms with Crippen molar-refractivity contribution >= 4 is 5.95 Å². The van der Waals surface area contributed by atoms with Crippen molar-refractivity contribution in [3.63, 3.8) is 0 Å². The first-order valence-electron chi connectivity index (χ1n) is 5.05. The summed E-state index contributed by atoms with van der Waals surface area (Å²) in [5.74, 6) is 0.296. The Hall–Kier alpha value is -2.10. The highest BCUT2D eigenvalue weighted by Crippen LogP contribution is 2.15. The van der Waals surface area contributed by atoms with E-state index >= 15 is 0 Å². The molecular weight excluding hydrogens is 222 g/mol. The summed E-state index contributed by atoms with van der Waals surface area (Å²) in [6.07, 6.45) is 0. The van der Waals surface area contributed by atoms with Gasteiger partial charge in [0.05, 0.1) is 26.2 Å². The third kappa shape index (κ3) is 3.45. The van der Waals surface area contributed by atoms with Crippen LogP contribution in [0.3, 0.4) is 0 Å². The average molecular weight is 237 g/mol. The van der Waals surface area contributed by atoms with E-state index in [-0.39, 0.29) is 17.9 Å². The molecule has 0 fully saturated rings. The Balaban J connectivity index is 2.92. The summed E-state index contributed by atoms with van der Waals surface area (Å²) in [4.78, 5) is 13.8. The van der Waals surface area contributed by atoms with Gasteiger partial charge in [-0.15, -0.1) is 4.98 Å². The number of anilines is 1. The second kappa shape index (κ2) is 5.84. The molecule has 1 atom stereocenters. The quantitative estimate of drug-likeness (QED) is 0.736. The predicted octanol–water partition coefficient (Wildman–Crippen LogP) is 0.485. The van der Waals surface area contributed by atoms with Crippen molar-refractivity contribution in [3.8, 4) is 18.1 Å². The molecule has 1 aromatic rings. The summed E-state index contributed by atoms with van der Waals surface area (Å²) in [6, 6.07) is 2.51. The molecule has 0 amide bonds. The van der Waals surface area contributed by atoms with E-state index in [1.807, 2.05) is 6.92 Å². The normalized spacial score (nSPS) is 11.5. The fraction of sp³-hybridized carbons (Fsp3) is 0.600. The van der Waals surface area contributed by atoms with Gasteiger partial charge in [-0.25, -0.2) is 0 Å². The number of nitriles is 1. The van der Waals surface area contributed by atoms with E-state index in [2.05, 4.69) is 21.0 Å². The molecule has 0 bridgehead atoms. The topological polar surface area (TPSA) is 84.2 Å². The Bertz CT molecular complexity index is 395. The third-order valence-corrected chi connectivity index (χ3v) is 2.06. The molecule has 1 heterocycles. The largest absolute Gasteiger partial charge is 0.467 e. The molecule has 1 unspecified atom stereocenters. The third-order valence-electron chi connectivity index (χ3n) is 2.06. The minimum atomic E-state index is -0.117. The van der Waals surface area contributed by atoms with Crippen LogP contribution in [-0.4, -0.2) is 42.8 Å². The van der Waals surface area contributed by atoms with Crippen LogP contribution in [0, 0.1) is 17.2 Å². The summed E-state index contributed by atoms with van der Waals surface area (Å²) >= 11 is 0. The number of ether oxygens (including phenoxy) is 2. The zero-order chi connectivity index (χ0) is 12.8. The molecule has 0 spiro atoms. The molecule has 0 N–H and O–H groups in total. The zero-order valence-electron chi connectivity index (χ0n) is 10.3. The number of rotatable bonds is 5. The number of aromatic nitrogens is 3. The molecule has 7 heteroatoms. The Morgan fingerprint density at radius 3 is 2.18 bits per heavy atom. The van der Waals surface area contributed by atoms with Crippen molar-refractivity contribution in [3.05, 3.63) is 0 Å². The molecule has 92 valence electrons. The van der Waals surface area contributed by atoms with Gasteiger partial charge >= 0.3 is 12.0 Å². The van der Waals surface area contributed by atoms with Gasteiger partial charge in [-0.2, -0.15) is 15.2 Å². The van der Waals surface area contributed by atoms with E-state index in [0.29, 0.717) is 12.5 Å². The van der Waals surface area contributed by atoms with Gasteiger partial charge in [-0.05, 0) is 6.92 Å². The Morgan fingerprint density at radius 2 is 1.76 bits per heavy atom. The average Bonchev–Trinajstić information content (AvgIpc) is 2.37. The maximum Gasteiger partial charge on any atom is 0.324 e. The lowest BCUT2D eigenvalue weighted by atomic mass is 10.2. The van der Waals surface area contributed by atoms with Crippen LogP contribution in [0.2, 0.25) is 0 Å². The summed E-state index contributed by atoms with van der Waals surface area (Å²) in [5.41, 5.74) is 0. The number of nitrogens with zero attached hydrogens (tertiary/aromatic N) is 5. The number of methoxy groups -OCH3 is 2. The van der Waals surface area contributed by atoms with E-state index < -0.39 is 0 Å². The lowest BCUT2D eigenvalue weighted by molar-refractivity contribution is 0.340. The Kier molecular flexibility index (Phi) is 4.46. The highest BCUT2D eigenvalue weighted by Gasteiger charge is 2.13. The van der Waals surface area contributed by atoms with Gasteiger partial charge in [0.1, 0.15) is 0 Å². The summed E-state index contributed by atoms with van der Waals surface area (Å²) in [6.45, 7) is 2.35. The van der Waals surface area contributed by atoms with Crippen LogP contribution in [0.4, 0.5) is 5.95 Å². The summed E-state index contributed by atoms with van der Waals surface area (Å²) < 4.78 is 9.89. The number of hydrogen-bond donors (Lipinski definition) is 0. The maximum atomic E-state index is 8.75. The van der Waals surface area contributed by atoms with Crippen LogP contribution in [0.5, 0.6) is 12.0 Å². The van der Waals surface area contributed by atoms with Crippen LogP contribution in [0.25, 0.3) is 0 Å². The molecule has 0 saturated heterocycles. The monoisotopic (exact) mass is 237 g/mol. The summed E-state index contributed by atoms with van der Waals surface area (Å²) in [7, 11) is 4.73. The van der Waals surface area contributed by atoms with Gasteiger partial charge in [0.25, 0.3) is 0 Å². The predicted molar refractivity (Wildman–Crippen MR) is 61.0 cm³/mol. The van der Waals surface area contributed by atoms with Gasteiger partial charge < -0.3 is 14.4 Å². The first-order valence-corrected chi connectivity index (χ1v) is 5.05. The fourth-order valence-corrected chi connectivity index (χ4v) is 1.21. The molecule has 1 aromatic heterocycles. The van der Waals surface area contributed by atoms with Crippen molar-refractivity contribution in [2.75, 3.05) is 32.7 Å². The van der Waals surface area contributed by atoms with E-state index in [9.17, 15) is 0 Å². The Morgan fingerprint density at radius 1 is 1.24 bits per heavy atom. The minimum absolute atomic E-state index is 0.117. The molecular formula is C10H15N5O2. The molecule has 0 aliphatic rings. The Labute approximate surface area is 100 Å². The first-order chi connectivity index (χ1) is 8.10. The second-order valence-electron chi connectivity index (χ2n) is 3.52. The second-order valence-corrected chi connectivity index (χ2v) is 3.52. The minimum Gasteiger partial charge on any atom is -0.467 e. The zero-order valence-corrected chi connectivity index (χ0v) is 10.3. The van der Waals surface area contributed by atoms with Crippen LogP contribution in [0.15, 0.2) is 0 Å². The molecule has 0 radical (unpaired) electrons. The maximum absolute atomic E-state index is 8.75. The van der Waals surface area contributed by atoms with Gasteiger partial charge in [0.2, 0.25) is 5.95 Å². The molecule has 7 nitrogen and oxygen atoms in total. The highest BCUT2D eigenvalue weighted by molar-refractivity contribution is 5.31. The first kappa shape index (κ1) is 13.0. The summed E-state index contributed by atoms with van der Waals surface area (Å²) in [5, 5.41) is 8.75. The lowest BCUT2D eigenvalue weighted by Gasteiger charge is -2.18. The van der Waals surface area contributed by atoms with Gasteiger partial charge in [-0.1, -0.05) is 0 Å². The standard InChI is InChI=1S/C10H15N5O2/c1-7(5-11)6-15(2)8-12-9(16-3)14-10(13-8)17-4/h7H,6H2,1-4H3. The van der Waals surface area contributed by atoms with E-state index in [1.54, 1.807) is 11.9 Å². The van der Waals surface area contributed by atoms with Gasteiger partial charge in [0.15, 0.2) is 0 Å². The van der Waals surface area contributed by atoms with Crippen molar-refractivity contribution in [2.45, 2.75) is 6.92 Å². The molecule has 0 aliphatic heterocycles. The molecule has 1 rings (SSSR count). The SMILES string of the molecule is COc1nc(OC)nc(N(C)CC(C)C#N)n1. The molecule has 17 heavy (non-hydrogen) atoms. The smallest absolute Gasteiger partial charge is 0.324 e. The molecule has 0 saturated carbocycles. The van der Waals surface area contributed by atoms with Crippen molar-refractivity contribution in [1.82, 2.24) is 15.0 Å². The molecule has 0 aromatic carbocycles. The van der Waals surface area contributed by atoms with Crippen LogP contribution < -0.4 is 14.4 Å². The highest BCUT2D eigenvalue weighted by atomic mass is 16.5. The fourth-order valence-electron chi connectivity index (χ4n) is 1.21. The van der Waals surface area contributed by atoms with Crippen LogP contribution in [-0.2, 0) is 0 Å².